The van der Waals surface area contributed by atoms with Crippen molar-refractivity contribution >= 4 is 45.5 Å². The van der Waals surface area contributed by atoms with E-state index in [0.29, 0.717) is 11.3 Å². The SMILES string of the molecule is C[Si](C)c1cc(C(=O)Nc2ccc(C(=O)O)cc2)cc([Si](C)C)c1. The number of amides is 1. The lowest BCUT2D eigenvalue weighted by Gasteiger charge is -2.13. The first-order valence-corrected chi connectivity index (χ1v) is 12.7. The van der Waals surface area contributed by atoms with Gasteiger partial charge in [0.25, 0.3) is 5.91 Å². The molecule has 0 saturated heterocycles. The maximum absolute atomic E-state index is 12.6. The van der Waals surface area contributed by atoms with Crippen molar-refractivity contribution in [2.75, 3.05) is 5.32 Å². The highest BCUT2D eigenvalue weighted by Crippen LogP contribution is 2.11. The van der Waals surface area contributed by atoms with Crippen LogP contribution in [0.5, 0.6) is 0 Å². The van der Waals surface area contributed by atoms with Crippen LogP contribution in [0.15, 0.2) is 42.5 Å². The number of hydrogen-bond donors (Lipinski definition) is 2. The summed E-state index contributed by atoms with van der Waals surface area (Å²) >= 11 is 0. The van der Waals surface area contributed by atoms with Crippen LogP contribution in [0.2, 0.25) is 26.2 Å². The molecule has 2 aromatic rings. The highest BCUT2D eigenvalue weighted by molar-refractivity contribution is 6.74. The van der Waals surface area contributed by atoms with E-state index in [4.69, 9.17) is 5.11 Å². The standard InChI is InChI=1S/C18H21NO3Si2/c1-23(2)15-9-13(10-16(11-15)24(3)4)17(20)19-14-7-5-12(6-8-14)18(21)22/h5-11H,1-4H3,(H,19,20)(H,21,22). The average Bonchev–Trinajstić information content (AvgIpc) is 2.54. The molecule has 2 N–H and O–H groups in total. The zero-order chi connectivity index (χ0) is 17.9. The Kier molecular flexibility index (Phi) is 5.74. The van der Waals surface area contributed by atoms with E-state index in [0.717, 1.165) is 0 Å². The molecule has 0 aliphatic rings. The van der Waals surface area contributed by atoms with Crippen molar-refractivity contribution in [3.05, 3.63) is 53.6 Å². The lowest BCUT2D eigenvalue weighted by molar-refractivity contribution is 0.0696. The maximum Gasteiger partial charge on any atom is 0.335 e. The highest BCUT2D eigenvalue weighted by Gasteiger charge is 2.14. The van der Waals surface area contributed by atoms with Crippen LogP contribution < -0.4 is 15.7 Å². The van der Waals surface area contributed by atoms with Crippen LogP contribution in [-0.4, -0.2) is 34.6 Å². The molecule has 6 heteroatoms. The molecule has 0 bridgehead atoms. The molecule has 2 rings (SSSR count). The highest BCUT2D eigenvalue weighted by atomic mass is 28.3. The first kappa shape index (κ1) is 18.2. The molecule has 4 nitrogen and oxygen atoms in total. The summed E-state index contributed by atoms with van der Waals surface area (Å²) in [4.78, 5) is 23.5. The van der Waals surface area contributed by atoms with Gasteiger partial charge in [-0.2, -0.15) is 0 Å². The molecule has 0 atom stereocenters. The fraction of sp³-hybridized carbons (Fsp3) is 0.222. The molecule has 0 saturated carbocycles. The quantitative estimate of drug-likeness (QED) is 0.810. The van der Waals surface area contributed by atoms with Gasteiger partial charge in [0.1, 0.15) is 0 Å². The number of rotatable bonds is 5. The number of aromatic carboxylic acids is 1. The average molecular weight is 356 g/mol. The third-order valence-electron chi connectivity index (χ3n) is 3.74. The predicted molar refractivity (Wildman–Crippen MR) is 102 cm³/mol. The van der Waals surface area contributed by atoms with Crippen molar-refractivity contribution in [2.45, 2.75) is 26.2 Å². The summed E-state index contributed by atoms with van der Waals surface area (Å²) < 4.78 is 0. The first-order valence-electron chi connectivity index (χ1n) is 7.69. The fourth-order valence-corrected chi connectivity index (χ4v) is 4.16. The Bertz CT molecular complexity index is 729. The molecule has 24 heavy (non-hydrogen) atoms. The second-order valence-electron chi connectivity index (χ2n) is 6.14. The lowest BCUT2D eigenvalue weighted by atomic mass is 10.2. The summed E-state index contributed by atoms with van der Waals surface area (Å²) in [6.07, 6.45) is 0. The Morgan fingerprint density at radius 2 is 1.33 bits per heavy atom. The predicted octanol–water partition coefficient (Wildman–Crippen LogP) is 2.56. The van der Waals surface area contributed by atoms with Crippen molar-refractivity contribution < 1.29 is 14.7 Å². The van der Waals surface area contributed by atoms with Crippen LogP contribution in [-0.2, 0) is 0 Å². The second kappa shape index (κ2) is 7.59. The number of carboxylic acid groups (broad SMARTS) is 1. The summed E-state index contributed by atoms with van der Waals surface area (Å²) in [5.74, 6) is -1.14. The van der Waals surface area contributed by atoms with E-state index in [2.05, 4.69) is 37.6 Å². The van der Waals surface area contributed by atoms with Gasteiger partial charge in [0.2, 0.25) is 0 Å². The molecular formula is C18H21NO3Si2. The first-order chi connectivity index (χ1) is 11.3. The van der Waals surface area contributed by atoms with E-state index in [-0.39, 0.29) is 11.5 Å². The third kappa shape index (κ3) is 4.42. The molecule has 2 radical (unpaired) electrons. The molecule has 124 valence electrons. The van der Waals surface area contributed by atoms with Gasteiger partial charge in [-0.1, -0.05) is 54.8 Å². The van der Waals surface area contributed by atoms with Gasteiger partial charge in [-0.3, -0.25) is 4.79 Å². The minimum absolute atomic E-state index is 0.160. The molecule has 2 aromatic carbocycles. The van der Waals surface area contributed by atoms with Gasteiger partial charge in [0.05, 0.1) is 23.2 Å². The van der Waals surface area contributed by atoms with Gasteiger partial charge in [-0.25, -0.2) is 4.79 Å². The van der Waals surface area contributed by atoms with Gasteiger partial charge in [0, 0.05) is 11.3 Å². The van der Waals surface area contributed by atoms with Crippen molar-refractivity contribution in [2.24, 2.45) is 0 Å². The number of nitrogens with one attached hydrogen (secondary N) is 1. The molecule has 0 aliphatic carbocycles. The van der Waals surface area contributed by atoms with E-state index in [1.54, 1.807) is 12.1 Å². The molecule has 0 aliphatic heterocycles. The van der Waals surface area contributed by atoms with Crippen molar-refractivity contribution in [1.82, 2.24) is 0 Å². The van der Waals surface area contributed by atoms with Crippen molar-refractivity contribution in [3.63, 3.8) is 0 Å². The lowest BCUT2D eigenvalue weighted by Crippen LogP contribution is -2.34. The topological polar surface area (TPSA) is 66.4 Å². The van der Waals surface area contributed by atoms with E-state index >= 15 is 0 Å². The van der Waals surface area contributed by atoms with E-state index in [1.807, 2.05) is 12.1 Å². The summed E-state index contributed by atoms with van der Waals surface area (Å²) in [7, 11) is -1.28. The largest absolute Gasteiger partial charge is 0.478 e. The van der Waals surface area contributed by atoms with Crippen molar-refractivity contribution in [1.29, 1.82) is 0 Å². The Morgan fingerprint density at radius 1 is 0.833 bits per heavy atom. The molecule has 0 unspecified atom stereocenters. The van der Waals surface area contributed by atoms with E-state index in [9.17, 15) is 9.59 Å². The minimum Gasteiger partial charge on any atom is -0.478 e. The summed E-state index contributed by atoms with van der Waals surface area (Å²) in [6, 6.07) is 12.4. The van der Waals surface area contributed by atoms with Gasteiger partial charge in [-0.15, -0.1) is 0 Å². The Labute approximate surface area is 145 Å². The second-order valence-corrected chi connectivity index (χ2v) is 11.3. The number of anilines is 1. The Balaban J connectivity index is 2.26. The van der Waals surface area contributed by atoms with Crippen LogP contribution in [0.3, 0.4) is 0 Å². The van der Waals surface area contributed by atoms with Gasteiger partial charge in [-0.05, 0) is 24.3 Å². The van der Waals surface area contributed by atoms with Crippen molar-refractivity contribution in [3.8, 4) is 0 Å². The van der Waals surface area contributed by atoms with Crippen LogP contribution in [0.25, 0.3) is 0 Å². The monoisotopic (exact) mass is 355 g/mol. The molecule has 0 fully saturated rings. The van der Waals surface area contributed by atoms with Gasteiger partial charge < -0.3 is 10.4 Å². The normalized spacial score (nSPS) is 10.9. The van der Waals surface area contributed by atoms with Crippen LogP contribution in [0.1, 0.15) is 20.7 Å². The third-order valence-corrected chi connectivity index (χ3v) is 6.63. The zero-order valence-corrected chi connectivity index (χ0v) is 16.3. The minimum atomic E-state index is -0.980. The number of carbonyl (C=O) groups is 2. The van der Waals surface area contributed by atoms with E-state index < -0.39 is 23.6 Å². The van der Waals surface area contributed by atoms with Gasteiger partial charge in [0.15, 0.2) is 0 Å². The summed E-state index contributed by atoms with van der Waals surface area (Å²) in [5.41, 5.74) is 1.46. The summed E-state index contributed by atoms with van der Waals surface area (Å²) in [6.45, 7) is 8.86. The zero-order valence-electron chi connectivity index (χ0n) is 14.3. The smallest absolute Gasteiger partial charge is 0.335 e. The van der Waals surface area contributed by atoms with Crippen LogP contribution in [0.4, 0.5) is 5.69 Å². The number of benzene rings is 2. The number of carboxylic acids is 1. The number of hydrogen-bond acceptors (Lipinski definition) is 2. The maximum atomic E-state index is 12.6. The van der Waals surface area contributed by atoms with Crippen LogP contribution >= 0.6 is 0 Å². The fourth-order valence-electron chi connectivity index (χ4n) is 2.24. The Hall–Kier alpha value is -2.19. The Morgan fingerprint density at radius 3 is 1.75 bits per heavy atom. The number of carbonyl (C=O) groups excluding carboxylic acids is 1. The van der Waals surface area contributed by atoms with E-state index in [1.165, 1.54) is 22.5 Å². The molecule has 0 aromatic heterocycles. The molecule has 0 spiro atoms. The molecular weight excluding hydrogens is 334 g/mol. The van der Waals surface area contributed by atoms with Gasteiger partial charge >= 0.3 is 5.97 Å². The molecule has 0 heterocycles. The summed E-state index contributed by atoms with van der Waals surface area (Å²) in [5, 5.41) is 14.3. The van der Waals surface area contributed by atoms with Crippen LogP contribution in [0, 0.1) is 0 Å². The molecule has 1 amide bonds.